The van der Waals surface area contributed by atoms with Crippen LogP contribution in [0.25, 0.3) is 16.6 Å². The molecule has 0 fully saturated rings. The molecule has 2 heterocycles. The molecule has 0 spiro atoms. The van der Waals surface area contributed by atoms with Crippen LogP contribution in [0.4, 0.5) is 4.39 Å². The van der Waals surface area contributed by atoms with Crippen molar-refractivity contribution < 1.29 is 9.18 Å². The number of rotatable bonds is 2. The van der Waals surface area contributed by atoms with E-state index in [1.54, 1.807) is 18.2 Å². The topological polar surface area (TPSA) is 64.0 Å². The molecule has 0 radical (unpaired) electrons. The zero-order valence-corrected chi connectivity index (χ0v) is 15.5. The highest BCUT2D eigenvalue weighted by Crippen LogP contribution is 2.30. The molecular formula is C20H17ClFN3O2. The van der Waals surface area contributed by atoms with Gasteiger partial charge in [-0.15, -0.1) is 0 Å². The molecule has 2 aromatic carbocycles. The Morgan fingerprint density at radius 2 is 2.00 bits per heavy atom. The number of carbonyl (C=O) groups is 1. The highest BCUT2D eigenvalue weighted by atomic mass is 35.5. The number of fused-ring (bicyclic) bond motifs is 4. The number of carbonyl (C=O) groups excluding carboxylic acids is 1. The van der Waals surface area contributed by atoms with Gasteiger partial charge in [0.1, 0.15) is 11.6 Å². The normalized spacial score (nSPS) is 16.0. The van der Waals surface area contributed by atoms with E-state index in [0.29, 0.717) is 34.0 Å². The molecule has 3 aromatic rings. The second-order valence-electron chi connectivity index (χ2n) is 7.09. The minimum absolute atomic E-state index is 0.155. The van der Waals surface area contributed by atoms with E-state index < -0.39 is 17.4 Å². The molecule has 1 amide bonds. The summed E-state index contributed by atoms with van der Waals surface area (Å²) in [7, 11) is 0. The molecule has 1 atom stereocenters. The summed E-state index contributed by atoms with van der Waals surface area (Å²) in [6, 6.07) is 8.20. The van der Waals surface area contributed by atoms with Gasteiger partial charge in [0, 0.05) is 5.02 Å². The molecule has 138 valence electrons. The average molecular weight is 386 g/mol. The van der Waals surface area contributed by atoms with Crippen molar-refractivity contribution in [3.63, 3.8) is 0 Å². The van der Waals surface area contributed by atoms with Crippen LogP contribution in [0.1, 0.15) is 42.5 Å². The molecule has 0 saturated heterocycles. The first-order valence-corrected chi connectivity index (χ1v) is 9.06. The van der Waals surface area contributed by atoms with Crippen LogP contribution in [-0.2, 0) is 0 Å². The first-order chi connectivity index (χ1) is 12.8. The minimum Gasteiger partial charge on any atom is -0.342 e. The first kappa shape index (κ1) is 17.7. The van der Waals surface area contributed by atoms with Crippen molar-refractivity contribution in [2.45, 2.75) is 26.3 Å². The summed E-state index contributed by atoms with van der Waals surface area (Å²) < 4.78 is 15.1. The molecule has 0 bridgehead atoms. The lowest BCUT2D eigenvalue weighted by Gasteiger charge is -2.20. The van der Waals surface area contributed by atoms with E-state index in [-0.39, 0.29) is 17.2 Å². The molecule has 4 rings (SSSR count). The van der Waals surface area contributed by atoms with Crippen molar-refractivity contribution in [2.75, 3.05) is 0 Å². The predicted octanol–water partition coefficient (Wildman–Crippen LogP) is 4.01. The number of hydrogen-bond donors (Lipinski definition) is 1. The third kappa shape index (κ3) is 3.00. The number of aromatic nitrogens is 2. The van der Waals surface area contributed by atoms with Gasteiger partial charge >= 0.3 is 0 Å². The van der Waals surface area contributed by atoms with Gasteiger partial charge in [-0.3, -0.25) is 14.2 Å². The third-order valence-electron chi connectivity index (χ3n) is 4.63. The van der Waals surface area contributed by atoms with Gasteiger partial charge in [0.15, 0.2) is 0 Å². The van der Waals surface area contributed by atoms with Crippen LogP contribution in [-0.4, -0.2) is 15.5 Å². The van der Waals surface area contributed by atoms with Crippen LogP contribution in [0.5, 0.6) is 0 Å². The fourth-order valence-corrected chi connectivity index (χ4v) is 3.63. The summed E-state index contributed by atoms with van der Waals surface area (Å²) in [5, 5.41) is 3.51. The fraction of sp³-hybridized carbons (Fsp3) is 0.250. The molecule has 0 saturated carbocycles. The summed E-state index contributed by atoms with van der Waals surface area (Å²) in [4.78, 5) is 30.7. The lowest BCUT2D eigenvalue weighted by Crippen LogP contribution is -2.31. The predicted molar refractivity (Wildman–Crippen MR) is 102 cm³/mol. The van der Waals surface area contributed by atoms with E-state index in [0.717, 1.165) is 0 Å². The number of nitrogens with one attached hydrogen (secondary N) is 1. The van der Waals surface area contributed by atoms with Crippen LogP contribution >= 0.6 is 11.6 Å². The van der Waals surface area contributed by atoms with Crippen molar-refractivity contribution in [1.82, 2.24) is 14.9 Å². The van der Waals surface area contributed by atoms with E-state index in [9.17, 15) is 14.0 Å². The highest BCUT2D eigenvalue weighted by Gasteiger charge is 2.30. The van der Waals surface area contributed by atoms with Gasteiger partial charge in [-0.2, -0.15) is 0 Å². The van der Waals surface area contributed by atoms with Crippen molar-refractivity contribution in [3.05, 3.63) is 69.0 Å². The fourth-order valence-electron chi connectivity index (χ4n) is 3.46. The van der Waals surface area contributed by atoms with E-state index in [4.69, 9.17) is 11.6 Å². The Labute approximate surface area is 159 Å². The van der Waals surface area contributed by atoms with E-state index >= 15 is 0 Å². The Kier molecular flexibility index (Phi) is 4.23. The maximum atomic E-state index is 13.7. The van der Waals surface area contributed by atoms with E-state index in [1.807, 2.05) is 13.8 Å². The van der Waals surface area contributed by atoms with Gasteiger partial charge in [-0.25, -0.2) is 9.37 Å². The number of nitrogens with zero attached hydrogens (tertiary/aromatic N) is 2. The molecule has 1 aliphatic rings. The quantitative estimate of drug-likeness (QED) is 0.725. The molecule has 1 aliphatic heterocycles. The van der Waals surface area contributed by atoms with Crippen LogP contribution in [0, 0.1) is 11.7 Å². The van der Waals surface area contributed by atoms with E-state index in [2.05, 4.69) is 10.3 Å². The molecule has 1 aromatic heterocycles. The molecule has 1 N–H and O–H groups in total. The minimum atomic E-state index is -0.519. The summed E-state index contributed by atoms with van der Waals surface area (Å²) in [6.07, 6.45) is 0.604. The Morgan fingerprint density at radius 3 is 2.74 bits per heavy atom. The Bertz CT molecular complexity index is 1140. The number of halogens is 2. The van der Waals surface area contributed by atoms with Crippen molar-refractivity contribution in [3.8, 4) is 5.69 Å². The van der Waals surface area contributed by atoms with Gasteiger partial charge in [-0.05, 0) is 48.7 Å². The lowest BCUT2D eigenvalue weighted by molar-refractivity contribution is 0.0933. The maximum absolute atomic E-state index is 13.7. The molecule has 7 heteroatoms. The monoisotopic (exact) mass is 385 g/mol. The summed E-state index contributed by atoms with van der Waals surface area (Å²) >= 11 is 6.13. The average Bonchev–Trinajstić information content (AvgIpc) is 2.70. The summed E-state index contributed by atoms with van der Waals surface area (Å²) in [5.41, 5.74) is 0.640. The van der Waals surface area contributed by atoms with Gasteiger partial charge in [0.2, 0.25) is 0 Å². The summed E-state index contributed by atoms with van der Waals surface area (Å²) in [5.74, 6) is -0.140. The van der Waals surface area contributed by atoms with Gasteiger partial charge in [-0.1, -0.05) is 25.4 Å². The number of amides is 1. The summed E-state index contributed by atoms with van der Waals surface area (Å²) in [6.45, 7) is 4.06. The molecule has 5 nitrogen and oxygen atoms in total. The van der Waals surface area contributed by atoms with Crippen LogP contribution < -0.4 is 10.9 Å². The maximum Gasteiger partial charge on any atom is 0.266 e. The number of hydrogen-bond acceptors (Lipinski definition) is 3. The molecule has 1 unspecified atom stereocenters. The Morgan fingerprint density at radius 1 is 1.22 bits per heavy atom. The second kappa shape index (κ2) is 6.46. The smallest absolute Gasteiger partial charge is 0.266 e. The first-order valence-electron chi connectivity index (χ1n) is 8.68. The Balaban J connectivity index is 2.12. The second-order valence-corrected chi connectivity index (χ2v) is 7.53. The van der Waals surface area contributed by atoms with Gasteiger partial charge < -0.3 is 5.32 Å². The standard InChI is InChI=1S/C20H17ClFN3O2/c1-10(2)7-16-18-23-15-6-4-12(22)9-14(15)20(27)25(18)17-8-11(21)3-5-13(17)19(26)24-16/h3-6,8-10,16H,7H2,1-2H3,(H,24,26). The zero-order chi connectivity index (χ0) is 19.3. The van der Waals surface area contributed by atoms with Gasteiger partial charge in [0.05, 0.1) is 28.2 Å². The van der Waals surface area contributed by atoms with Crippen molar-refractivity contribution in [1.29, 1.82) is 0 Å². The Hall–Kier alpha value is -2.73. The SMILES string of the molecule is CC(C)CC1NC(=O)c2ccc(Cl)cc2-n2c1nc1ccc(F)cc1c2=O. The third-order valence-corrected chi connectivity index (χ3v) is 4.86. The molecule has 27 heavy (non-hydrogen) atoms. The van der Waals surface area contributed by atoms with Crippen molar-refractivity contribution in [2.24, 2.45) is 5.92 Å². The van der Waals surface area contributed by atoms with Crippen molar-refractivity contribution >= 4 is 28.4 Å². The zero-order valence-electron chi connectivity index (χ0n) is 14.8. The highest BCUT2D eigenvalue weighted by molar-refractivity contribution is 6.31. The largest absolute Gasteiger partial charge is 0.342 e. The lowest BCUT2D eigenvalue weighted by atomic mass is 10.0. The van der Waals surface area contributed by atoms with Crippen LogP contribution in [0.3, 0.4) is 0 Å². The van der Waals surface area contributed by atoms with Crippen LogP contribution in [0.15, 0.2) is 41.2 Å². The van der Waals surface area contributed by atoms with Crippen LogP contribution in [0.2, 0.25) is 5.02 Å². The molecule has 0 aliphatic carbocycles. The van der Waals surface area contributed by atoms with Gasteiger partial charge in [0.25, 0.3) is 11.5 Å². The number of benzene rings is 2. The molecular weight excluding hydrogens is 369 g/mol. The van der Waals surface area contributed by atoms with E-state index in [1.165, 1.54) is 22.8 Å².